The number of anilines is 2. The zero-order valence-corrected chi connectivity index (χ0v) is 10.8. The first-order valence-electron chi connectivity index (χ1n) is 5.68. The van der Waals surface area contributed by atoms with Crippen LogP contribution in [0, 0.1) is 17.0 Å². The number of nitrogens with zero attached hydrogens (tertiary/aromatic N) is 3. The number of nitrogens with one attached hydrogen (secondary N) is 1. The Hall–Kier alpha value is -2.90. The Balaban J connectivity index is 2.35. The van der Waals surface area contributed by atoms with Gasteiger partial charge in [0.1, 0.15) is 5.69 Å². The lowest BCUT2D eigenvalue weighted by Crippen LogP contribution is -2.02. The van der Waals surface area contributed by atoms with E-state index in [1.54, 1.807) is 14.0 Å². The highest BCUT2D eigenvalue weighted by Gasteiger charge is 2.23. The Morgan fingerprint density at radius 2 is 2.00 bits per heavy atom. The smallest absolute Gasteiger partial charge is 0.335 e. The summed E-state index contributed by atoms with van der Waals surface area (Å²) >= 11 is 0. The third-order valence-electron chi connectivity index (χ3n) is 2.77. The molecule has 0 aliphatic carbocycles. The van der Waals surface area contributed by atoms with Gasteiger partial charge < -0.3 is 10.4 Å². The number of benzene rings is 1. The van der Waals surface area contributed by atoms with E-state index in [4.69, 9.17) is 5.11 Å². The fraction of sp³-hybridized carbons (Fsp3) is 0.167. The predicted molar refractivity (Wildman–Crippen MR) is 71.3 cm³/mol. The van der Waals surface area contributed by atoms with E-state index >= 15 is 0 Å². The highest BCUT2D eigenvalue weighted by Crippen LogP contribution is 2.30. The second kappa shape index (κ2) is 5.00. The summed E-state index contributed by atoms with van der Waals surface area (Å²) in [5.74, 6) is -0.783. The number of nitro groups is 1. The molecule has 8 heteroatoms. The SMILES string of the molecule is Cc1nn(C)c(Nc2ccc(C(=O)O)cc2)c1[N+](=O)[O-]. The molecule has 20 heavy (non-hydrogen) atoms. The second-order valence-electron chi connectivity index (χ2n) is 4.17. The molecule has 2 aromatic rings. The molecule has 0 fully saturated rings. The molecule has 0 radical (unpaired) electrons. The number of carboxylic acid groups (broad SMARTS) is 1. The minimum absolute atomic E-state index is 0.102. The lowest BCUT2D eigenvalue weighted by atomic mass is 10.2. The van der Waals surface area contributed by atoms with E-state index in [0.29, 0.717) is 11.4 Å². The molecule has 1 heterocycles. The summed E-state index contributed by atoms with van der Waals surface area (Å²) in [7, 11) is 1.59. The van der Waals surface area contributed by atoms with Gasteiger partial charge in [-0.2, -0.15) is 5.10 Å². The maximum atomic E-state index is 11.0. The van der Waals surface area contributed by atoms with Crippen molar-refractivity contribution in [2.24, 2.45) is 7.05 Å². The lowest BCUT2D eigenvalue weighted by Gasteiger charge is -2.06. The molecule has 0 unspecified atom stereocenters. The second-order valence-corrected chi connectivity index (χ2v) is 4.17. The van der Waals surface area contributed by atoms with E-state index in [2.05, 4.69) is 10.4 Å². The van der Waals surface area contributed by atoms with Gasteiger partial charge in [0.05, 0.1) is 10.5 Å². The fourth-order valence-corrected chi connectivity index (χ4v) is 1.84. The van der Waals surface area contributed by atoms with Crippen molar-refractivity contribution in [1.29, 1.82) is 0 Å². The Morgan fingerprint density at radius 3 is 2.50 bits per heavy atom. The molecule has 0 aliphatic rings. The van der Waals surface area contributed by atoms with E-state index < -0.39 is 10.9 Å². The first kappa shape index (κ1) is 13.5. The summed E-state index contributed by atoms with van der Waals surface area (Å²) < 4.78 is 1.37. The topological polar surface area (TPSA) is 110 Å². The first-order chi connectivity index (χ1) is 9.40. The Bertz CT molecular complexity index is 676. The minimum atomic E-state index is -1.03. The zero-order chi connectivity index (χ0) is 14.9. The van der Waals surface area contributed by atoms with Gasteiger partial charge >= 0.3 is 11.7 Å². The van der Waals surface area contributed by atoms with Crippen molar-refractivity contribution >= 4 is 23.2 Å². The van der Waals surface area contributed by atoms with E-state index in [-0.39, 0.29) is 17.1 Å². The third kappa shape index (κ3) is 2.44. The number of rotatable bonds is 4. The Kier molecular flexibility index (Phi) is 3.38. The normalized spacial score (nSPS) is 10.3. The molecule has 2 rings (SSSR count). The molecule has 1 aromatic carbocycles. The monoisotopic (exact) mass is 276 g/mol. The van der Waals surface area contributed by atoms with Crippen LogP contribution in [-0.2, 0) is 7.05 Å². The average Bonchev–Trinajstić information content (AvgIpc) is 2.64. The highest BCUT2D eigenvalue weighted by atomic mass is 16.6. The summed E-state index contributed by atoms with van der Waals surface area (Å²) in [6.45, 7) is 1.55. The standard InChI is InChI=1S/C12H12N4O4/c1-7-10(16(19)20)11(15(2)14-7)13-9-5-3-8(4-6-9)12(17)18/h3-6,13H,1-2H3,(H,17,18). The number of hydrogen-bond acceptors (Lipinski definition) is 5. The van der Waals surface area contributed by atoms with Crippen LogP contribution in [0.3, 0.4) is 0 Å². The predicted octanol–water partition coefficient (Wildman–Crippen LogP) is 2.08. The third-order valence-corrected chi connectivity index (χ3v) is 2.77. The summed E-state index contributed by atoms with van der Waals surface area (Å²) in [4.78, 5) is 21.3. The summed E-state index contributed by atoms with van der Waals surface area (Å²) in [6, 6.07) is 5.91. The van der Waals surface area contributed by atoms with Gasteiger partial charge in [0, 0.05) is 12.7 Å². The number of aryl methyl sites for hydroxylation is 2. The fourth-order valence-electron chi connectivity index (χ4n) is 1.84. The summed E-state index contributed by atoms with van der Waals surface area (Å²) in [5.41, 5.74) is 0.893. The molecule has 0 spiro atoms. The number of carboxylic acids is 1. The van der Waals surface area contributed by atoms with Gasteiger partial charge in [0.2, 0.25) is 5.82 Å². The molecule has 2 N–H and O–H groups in total. The molecular weight excluding hydrogens is 264 g/mol. The van der Waals surface area contributed by atoms with Gasteiger partial charge in [0.15, 0.2) is 0 Å². The molecule has 0 atom stereocenters. The van der Waals surface area contributed by atoms with Crippen LogP contribution < -0.4 is 5.32 Å². The van der Waals surface area contributed by atoms with Gasteiger partial charge in [-0.25, -0.2) is 9.48 Å². The van der Waals surface area contributed by atoms with Crippen LogP contribution in [0.5, 0.6) is 0 Å². The van der Waals surface area contributed by atoms with Crippen molar-refractivity contribution in [2.75, 3.05) is 5.32 Å². The van der Waals surface area contributed by atoms with Crippen LogP contribution in [0.15, 0.2) is 24.3 Å². The highest BCUT2D eigenvalue weighted by molar-refractivity contribution is 5.88. The van der Waals surface area contributed by atoms with Crippen LogP contribution in [0.4, 0.5) is 17.2 Å². The van der Waals surface area contributed by atoms with Gasteiger partial charge in [-0.05, 0) is 31.2 Å². The molecule has 0 amide bonds. The van der Waals surface area contributed by atoms with Crippen LogP contribution in [0.1, 0.15) is 16.1 Å². The number of hydrogen-bond donors (Lipinski definition) is 2. The number of aromatic carboxylic acids is 1. The van der Waals surface area contributed by atoms with Crippen molar-refractivity contribution in [2.45, 2.75) is 6.92 Å². The lowest BCUT2D eigenvalue weighted by molar-refractivity contribution is -0.384. The molecule has 8 nitrogen and oxygen atoms in total. The number of aromatic nitrogens is 2. The summed E-state index contributed by atoms with van der Waals surface area (Å²) in [5, 5.41) is 26.7. The van der Waals surface area contributed by atoms with Gasteiger partial charge in [0.25, 0.3) is 0 Å². The van der Waals surface area contributed by atoms with E-state index in [9.17, 15) is 14.9 Å². The van der Waals surface area contributed by atoms with E-state index in [1.807, 2.05) is 0 Å². The van der Waals surface area contributed by atoms with Crippen LogP contribution in [0.25, 0.3) is 0 Å². The minimum Gasteiger partial charge on any atom is -0.478 e. The number of carbonyl (C=O) groups is 1. The van der Waals surface area contributed by atoms with E-state index in [1.165, 1.54) is 28.9 Å². The zero-order valence-electron chi connectivity index (χ0n) is 10.8. The van der Waals surface area contributed by atoms with Crippen molar-refractivity contribution in [3.8, 4) is 0 Å². The average molecular weight is 276 g/mol. The van der Waals surface area contributed by atoms with Crippen molar-refractivity contribution < 1.29 is 14.8 Å². The van der Waals surface area contributed by atoms with Crippen molar-refractivity contribution in [3.05, 3.63) is 45.6 Å². The summed E-state index contributed by atoms with van der Waals surface area (Å²) in [6.07, 6.45) is 0. The van der Waals surface area contributed by atoms with Crippen molar-refractivity contribution in [1.82, 2.24) is 9.78 Å². The molecular formula is C12H12N4O4. The van der Waals surface area contributed by atoms with Crippen molar-refractivity contribution in [3.63, 3.8) is 0 Å². The molecule has 0 saturated heterocycles. The quantitative estimate of drug-likeness (QED) is 0.653. The maximum Gasteiger partial charge on any atom is 0.335 e. The maximum absolute atomic E-state index is 11.0. The van der Waals surface area contributed by atoms with Gasteiger partial charge in [-0.3, -0.25) is 10.1 Å². The molecule has 0 aliphatic heterocycles. The molecule has 104 valence electrons. The Labute approximate surface area is 113 Å². The van der Waals surface area contributed by atoms with Gasteiger partial charge in [-0.15, -0.1) is 0 Å². The van der Waals surface area contributed by atoms with Crippen LogP contribution >= 0.6 is 0 Å². The van der Waals surface area contributed by atoms with Crippen LogP contribution in [0.2, 0.25) is 0 Å². The molecule has 1 aromatic heterocycles. The molecule has 0 saturated carbocycles. The van der Waals surface area contributed by atoms with E-state index in [0.717, 1.165) is 0 Å². The van der Waals surface area contributed by atoms with Gasteiger partial charge in [-0.1, -0.05) is 0 Å². The first-order valence-corrected chi connectivity index (χ1v) is 5.68. The largest absolute Gasteiger partial charge is 0.478 e. The molecule has 0 bridgehead atoms. The van der Waals surface area contributed by atoms with Crippen LogP contribution in [-0.4, -0.2) is 25.8 Å². The Morgan fingerprint density at radius 1 is 1.40 bits per heavy atom.